The summed E-state index contributed by atoms with van der Waals surface area (Å²) in [4.78, 5) is 9.29. The maximum Gasteiger partial charge on any atom is 0.191 e. The zero-order chi connectivity index (χ0) is 18.1. The van der Waals surface area contributed by atoms with E-state index in [4.69, 9.17) is 4.74 Å². The molecule has 0 spiro atoms. The van der Waals surface area contributed by atoms with Crippen LogP contribution in [0.5, 0.6) is 0 Å². The molecule has 0 bridgehead atoms. The topological polar surface area (TPSA) is 52.1 Å². The molecule has 1 aliphatic heterocycles. The van der Waals surface area contributed by atoms with Crippen LogP contribution in [0.25, 0.3) is 0 Å². The zero-order valence-corrected chi connectivity index (χ0v) is 16.8. The van der Waals surface area contributed by atoms with Crippen molar-refractivity contribution >= 4 is 5.96 Å². The first-order valence-corrected chi connectivity index (χ1v) is 9.99. The number of hydrogen-bond donors (Lipinski definition) is 2. The highest BCUT2D eigenvalue weighted by Crippen LogP contribution is 2.40. The molecule has 6 heteroatoms. The molecule has 0 radical (unpaired) electrons. The molecule has 1 aliphatic carbocycles. The van der Waals surface area contributed by atoms with Gasteiger partial charge in [-0.1, -0.05) is 12.8 Å². The summed E-state index contributed by atoms with van der Waals surface area (Å²) in [5.41, 5.74) is 0.384. The largest absolute Gasteiger partial charge is 0.382 e. The summed E-state index contributed by atoms with van der Waals surface area (Å²) in [5, 5.41) is 7.13. The molecule has 0 aromatic carbocycles. The molecule has 0 amide bonds. The summed E-state index contributed by atoms with van der Waals surface area (Å²) >= 11 is 0. The smallest absolute Gasteiger partial charge is 0.191 e. The standard InChI is InChI=1S/C19H39N5O/c1-5-25-13-10-19(8-6-7-9-19)16-22-18(20-2)21-14-17-15-23(3)11-12-24(17)4/h17H,5-16H2,1-4H3,(H2,20,21,22). The minimum atomic E-state index is 0.384. The summed E-state index contributed by atoms with van der Waals surface area (Å²) in [6, 6.07) is 0.538. The molecule has 2 aliphatic rings. The van der Waals surface area contributed by atoms with Crippen LogP contribution in [0.3, 0.4) is 0 Å². The van der Waals surface area contributed by atoms with Gasteiger partial charge in [-0.3, -0.25) is 9.89 Å². The van der Waals surface area contributed by atoms with Crippen molar-refractivity contribution < 1.29 is 4.74 Å². The van der Waals surface area contributed by atoms with Gasteiger partial charge < -0.3 is 20.3 Å². The van der Waals surface area contributed by atoms with E-state index in [0.717, 1.165) is 58.3 Å². The summed E-state index contributed by atoms with van der Waals surface area (Å²) < 4.78 is 5.62. The second kappa shape index (κ2) is 10.3. The van der Waals surface area contributed by atoms with Crippen molar-refractivity contribution in [1.82, 2.24) is 20.4 Å². The molecule has 1 saturated carbocycles. The van der Waals surface area contributed by atoms with E-state index in [1.165, 1.54) is 25.7 Å². The van der Waals surface area contributed by atoms with Crippen LogP contribution < -0.4 is 10.6 Å². The number of guanidine groups is 1. The molecule has 6 nitrogen and oxygen atoms in total. The molecule has 146 valence electrons. The Labute approximate surface area is 154 Å². The maximum absolute atomic E-state index is 5.62. The van der Waals surface area contributed by atoms with Gasteiger partial charge in [-0.05, 0) is 45.7 Å². The van der Waals surface area contributed by atoms with Gasteiger partial charge in [0.15, 0.2) is 5.96 Å². The van der Waals surface area contributed by atoms with Crippen LogP contribution in [0.4, 0.5) is 0 Å². The number of rotatable bonds is 8. The Balaban J connectivity index is 1.78. The van der Waals surface area contributed by atoms with Crippen molar-refractivity contribution in [3.05, 3.63) is 0 Å². The second-order valence-corrected chi connectivity index (χ2v) is 7.86. The molecule has 2 N–H and O–H groups in total. The lowest BCUT2D eigenvalue weighted by atomic mass is 9.83. The fourth-order valence-corrected chi connectivity index (χ4v) is 4.10. The normalized spacial score (nSPS) is 25.3. The number of aliphatic imine (C=N–C) groups is 1. The van der Waals surface area contributed by atoms with Crippen LogP contribution in [0.1, 0.15) is 39.0 Å². The minimum Gasteiger partial charge on any atom is -0.382 e. The molecule has 2 rings (SSSR count). The van der Waals surface area contributed by atoms with Crippen molar-refractivity contribution in [3.63, 3.8) is 0 Å². The molecule has 1 atom stereocenters. The van der Waals surface area contributed by atoms with E-state index in [9.17, 15) is 0 Å². The third-order valence-electron chi connectivity index (χ3n) is 5.98. The number of hydrogen-bond acceptors (Lipinski definition) is 4. The number of piperazine rings is 1. The molecule has 0 aromatic heterocycles. The van der Waals surface area contributed by atoms with Crippen LogP contribution in [0, 0.1) is 5.41 Å². The lowest BCUT2D eigenvalue weighted by molar-refractivity contribution is 0.104. The van der Waals surface area contributed by atoms with Gasteiger partial charge in [0, 0.05) is 59.0 Å². The lowest BCUT2D eigenvalue weighted by Crippen LogP contribution is -2.55. The van der Waals surface area contributed by atoms with E-state index in [1.807, 2.05) is 7.05 Å². The second-order valence-electron chi connectivity index (χ2n) is 7.86. The highest BCUT2D eigenvalue weighted by atomic mass is 16.5. The fraction of sp³-hybridized carbons (Fsp3) is 0.947. The number of nitrogens with one attached hydrogen (secondary N) is 2. The van der Waals surface area contributed by atoms with Gasteiger partial charge in [0.1, 0.15) is 0 Å². The van der Waals surface area contributed by atoms with Crippen LogP contribution in [-0.2, 0) is 4.74 Å². The molecule has 0 aromatic rings. The van der Waals surface area contributed by atoms with Crippen LogP contribution in [-0.4, -0.2) is 88.9 Å². The molecule has 25 heavy (non-hydrogen) atoms. The van der Waals surface area contributed by atoms with Crippen molar-refractivity contribution in [1.29, 1.82) is 0 Å². The Hall–Kier alpha value is -0.850. The van der Waals surface area contributed by atoms with Gasteiger partial charge in [-0.2, -0.15) is 0 Å². The third-order valence-corrected chi connectivity index (χ3v) is 5.98. The number of nitrogens with zero attached hydrogens (tertiary/aromatic N) is 3. The molecule has 1 saturated heterocycles. The SMILES string of the molecule is CCOCCC1(CNC(=NC)NCC2CN(C)CCN2C)CCCC1. The molecular formula is C19H39N5O. The zero-order valence-electron chi connectivity index (χ0n) is 16.8. The molecule has 2 fully saturated rings. The predicted molar refractivity (Wildman–Crippen MR) is 105 cm³/mol. The first-order valence-electron chi connectivity index (χ1n) is 9.99. The Kier molecular flexibility index (Phi) is 8.46. The van der Waals surface area contributed by atoms with Gasteiger partial charge in [0.2, 0.25) is 0 Å². The highest BCUT2D eigenvalue weighted by Gasteiger charge is 2.33. The van der Waals surface area contributed by atoms with E-state index in [1.54, 1.807) is 0 Å². The summed E-state index contributed by atoms with van der Waals surface area (Å²) in [6.45, 7) is 9.10. The molecular weight excluding hydrogens is 314 g/mol. The third kappa shape index (κ3) is 6.42. The van der Waals surface area contributed by atoms with Gasteiger partial charge in [-0.15, -0.1) is 0 Å². The minimum absolute atomic E-state index is 0.384. The Morgan fingerprint density at radius 2 is 1.96 bits per heavy atom. The van der Waals surface area contributed by atoms with Crippen LogP contribution in [0.2, 0.25) is 0 Å². The average Bonchev–Trinajstić information content (AvgIpc) is 3.07. The molecule has 1 unspecified atom stereocenters. The van der Waals surface area contributed by atoms with Gasteiger partial charge in [0.25, 0.3) is 0 Å². The van der Waals surface area contributed by atoms with Crippen molar-refractivity contribution in [2.75, 3.05) is 67.1 Å². The lowest BCUT2D eigenvalue weighted by Gasteiger charge is -2.38. The van der Waals surface area contributed by atoms with E-state index in [2.05, 4.69) is 46.4 Å². The summed E-state index contributed by atoms with van der Waals surface area (Å²) in [6.07, 6.45) is 6.46. The van der Waals surface area contributed by atoms with Gasteiger partial charge in [0.05, 0.1) is 0 Å². The van der Waals surface area contributed by atoms with E-state index >= 15 is 0 Å². The van der Waals surface area contributed by atoms with Crippen LogP contribution in [0.15, 0.2) is 4.99 Å². The van der Waals surface area contributed by atoms with Crippen LogP contribution >= 0.6 is 0 Å². The summed E-state index contributed by atoms with van der Waals surface area (Å²) in [7, 11) is 6.29. The molecule has 1 heterocycles. The van der Waals surface area contributed by atoms with Crippen molar-refractivity contribution in [2.45, 2.75) is 45.1 Å². The fourth-order valence-electron chi connectivity index (χ4n) is 4.10. The number of ether oxygens (including phenoxy) is 1. The Bertz CT molecular complexity index is 409. The van der Waals surface area contributed by atoms with E-state index in [-0.39, 0.29) is 0 Å². The number of likely N-dealkylation sites (N-methyl/N-ethyl adjacent to an activating group) is 2. The van der Waals surface area contributed by atoms with E-state index in [0.29, 0.717) is 11.5 Å². The Morgan fingerprint density at radius 1 is 1.20 bits per heavy atom. The predicted octanol–water partition coefficient (Wildman–Crippen LogP) is 1.38. The average molecular weight is 354 g/mol. The monoisotopic (exact) mass is 353 g/mol. The summed E-state index contributed by atoms with van der Waals surface area (Å²) in [5.74, 6) is 0.935. The first kappa shape index (κ1) is 20.5. The van der Waals surface area contributed by atoms with E-state index < -0.39 is 0 Å². The van der Waals surface area contributed by atoms with Gasteiger partial charge in [-0.25, -0.2) is 0 Å². The van der Waals surface area contributed by atoms with Crippen molar-refractivity contribution in [2.24, 2.45) is 10.4 Å². The maximum atomic E-state index is 5.62. The quantitative estimate of drug-likeness (QED) is 0.392. The highest BCUT2D eigenvalue weighted by molar-refractivity contribution is 5.79. The van der Waals surface area contributed by atoms with Gasteiger partial charge >= 0.3 is 0 Å². The Morgan fingerprint density at radius 3 is 2.64 bits per heavy atom. The van der Waals surface area contributed by atoms with Crippen molar-refractivity contribution in [3.8, 4) is 0 Å². The first-order chi connectivity index (χ1) is 12.1.